The van der Waals surface area contributed by atoms with E-state index in [1.807, 2.05) is 47.0 Å². The lowest BCUT2D eigenvalue weighted by Gasteiger charge is -2.07. The van der Waals surface area contributed by atoms with Crippen LogP contribution < -0.4 is 4.74 Å². The molecule has 5 heteroatoms. The van der Waals surface area contributed by atoms with E-state index in [0.717, 1.165) is 33.4 Å². The van der Waals surface area contributed by atoms with Gasteiger partial charge in [-0.05, 0) is 49.0 Å². The Bertz CT molecular complexity index is 838. The largest absolute Gasteiger partial charge is 0.491 e. The lowest BCUT2D eigenvalue weighted by molar-refractivity contribution is 0.320. The van der Waals surface area contributed by atoms with Gasteiger partial charge < -0.3 is 9.72 Å². The Morgan fingerprint density at radius 3 is 2.81 bits per heavy atom. The molecule has 3 aromatic rings. The van der Waals surface area contributed by atoms with Crippen molar-refractivity contribution in [2.24, 2.45) is 0 Å². The molecule has 0 spiro atoms. The van der Waals surface area contributed by atoms with E-state index in [2.05, 4.69) is 27.8 Å². The number of hydrogen-bond donors (Lipinski definition) is 1. The standard InChI is InChI=1S/C16H15BrN2OS/c1-2-9-20-14-8-4-7-13-15(14)18-16(21)19(13)12-6-3-5-11(17)10-12/h3-8,10H,2,9H2,1H3,(H,18,21). The zero-order valence-electron chi connectivity index (χ0n) is 11.6. The highest BCUT2D eigenvalue weighted by atomic mass is 79.9. The van der Waals surface area contributed by atoms with Gasteiger partial charge in [0, 0.05) is 10.2 Å². The number of hydrogen-bond acceptors (Lipinski definition) is 2. The van der Waals surface area contributed by atoms with E-state index in [1.54, 1.807) is 0 Å². The van der Waals surface area contributed by atoms with Crippen LogP contribution in [0.25, 0.3) is 16.7 Å². The first-order valence-corrected chi connectivity index (χ1v) is 8.03. The molecule has 0 unspecified atom stereocenters. The van der Waals surface area contributed by atoms with Gasteiger partial charge in [-0.1, -0.05) is 35.0 Å². The second kappa shape index (κ2) is 6.03. The average molecular weight is 363 g/mol. The number of aromatic nitrogens is 2. The van der Waals surface area contributed by atoms with Gasteiger partial charge in [0.25, 0.3) is 0 Å². The van der Waals surface area contributed by atoms with Crippen molar-refractivity contribution in [3.63, 3.8) is 0 Å². The Hall–Kier alpha value is -1.59. The molecule has 0 aliphatic carbocycles. The molecule has 1 aromatic heterocycles. The van der Waals surface area contributed by atoms with Crippen LogP contribution in [-0.4, -0.2) is 16.2 Å². The van der Waals surface area contributed by atoms with E-state index in [-0.39, 0.29) is 0 Å². The summed E-state index contributed by atoms with van der Waals surface area (Å²) in [6.07, 6.45) is 0.976. The third-order valence-corrected chi connectivity index (χ3v) is 3.99. The first-order valence-electron chi connectivity index (χ1n) is 6.83. The van der Waals surface area contributed by atoms with Crippen LogP contribution in [0.3, 0.4) is 0 Å². The number of nitrogens with one attached hydrogen (secondary N) is 1. The van der Waals surface area contributed by atoms with Crippen molar-refractivity contribution in [3.05, 3.63) is 51.7 Å². The minimum absolute atomic E-state index is 0.663. The second-order valence-electron chi connectivity index (χ2n) is 4.74. The monoisotopic (exact) mass is 362 g/mol. The highest BCUT2D eigenvalue weighted by Crippen LogP contribution is 2.28. The molecule has 3 rings (SSSR count). The van der Waals surface area contributed by atoms with Gasteiger partial charge in [0.15, 0.2) is 4.77 Å². The minimum Gasteiger partial charge on any atom is -0.491 e. The average Bonchev–Trinajstić information content (AvgIpc) is 2.81. The fourth-order valence-electron chi connectivity index (χ4n) is 2.31. The number of halogens is 1. The highest BCUT2D eigenvalue weighted by Gasteiger charge is 2.10. The third kappa shape index (κ3) is 2.76. The first-order chi connectivity index (χ1) is 10.2. The number of aromatic amines is 1. The maximum atomic E-state index is 5.80. The Labute approximate surface area is 136 Å². The van der Waals surface area contributed by atoms with E-state index < -0.39 is 0 Å². The number of fused-ring (bicyclic) bond motifs is 1. The van der Waals surface area contributed by atoms with E-state index in [1.165, 1.54) is 0 Å². The molecule has 0 aliphatic heterocycles. The predicted molar refractivity (Wildman–Crippen MR) is 91.9 cm³/mol. The Morgan fingerprint density at radius 2 is 2.05 bits per heavy atom. The van der Waals surface area contributed by atoms with Crippen molar-refractivity contribution >= 4 is 39.2 Å². The Balaban J connectivity index is 2.20. The van der Waals surface area contributed by atoms with Crippen LogP contribution in [-0.2, 0) is 0 Å². The van der Waals surface area contributed by atoms with Crippen molar-refractivity contribution in [1.82, 2.24) is 9.55 Å². The molecule has 2 aromatic carbocycles. The molecule has 0 fully saturated rings. The van der Waals surface area contributed by atoms with Crippen LogP contribution in [0.4, 0.5) is 0 Å². The van der Waals surface area contributed by atoms with Crippen LogP contribution in [0.2, 0.25) is 0 Å². The van der Waals surface area contributed by atoms with E-state index in [0.29, 0.717) is 11.4 Å². The van der Waals surface area contributed by atoms with Crippen molar-refractivity contribution < 1.29 is 4.74 Å². The molecule has 21 heavy (non-hydrogen) atoms. The maximum absolute atomic E-state index is 5.80. The Morgan fingerprint density at radius 1 is 1.24 bits per heavy atom. The van der Waals surface area contributed by atoms with Crippen LogP contribution in [0, 0.1) is 4.77 Å². The number of rotatable bonds is 4. The zero-order chi connectivity index (χ0) is 14.8. The lowest BCUT2D eigenvalue weighted by Crippen LogP contribution is -1.96. The van der Waals surface area contributed by atoms with Gasteiger partial charge in [0.1, 0.15) is 11.3 Å². The van der Waals surface area contributed by atoms with E-state index in [9.17, 15) is 0 Å². The summed E-state index contributed by atoms with van der Waals surface area (Å²) in [5.74, 6) is 0.842. The summed E-state index contributed by atoms with van der Waals surface area (Å²) in [5.41, 5.74) is 2.98. The summed E-state index contributed by atoms with van der Waals surface area (Å²) in [6, 6.07) is 14.1. The molecule has 0 saturated heterocycles. The summed E-state index contributed by atoms with van der Waals surface area (Å²) >= 11 is 8.99. The molecular weight excluding hydrogens is 348 g/mol. The summed E-state index contributed by atoms with van der Waals surface area (Å²) < 4.78 is 9.50. The highest BCUT2D eigenvalue weighted by molar-refractivity contribution is 9.10. The number of para-hydroxylation sites is 1. The van der Waals surface area contributed by atoms with E-state index in [4.69, 9.17) is 17.0 Å². The molecule has 3 nitrogen and oxygen atoms in total. The molecule has 0 atom stereocenters. The molecule has 0 amide bonds. The van der Waals surface area contributed by atoms with Gasteiger partial charge in [0.2, 0.25) is 0 Å². The maximum Gasteiger partial charge on any atom is 0.182 e. The van der Waals surface area contributed by atoms with Gasteiger partial charge in [-0.3, -0.25) is 4.57 Å². The Kier molecular flexibility index (Phi) is 4.12. The van der Waals surface area contributed by atoms with E-state index >= 15 is 0 Å². The van der Waals surface area contributed by atoms with Crippen molar-refractivity contribution in [2.75, 3.05) is 6.61 Å². The molecule has 108 valence electrons. The summed E-state index contributed by atoms with van der Waals surface area (Å²) in [6.45, 7) is 2.79. The fourth-order valence-corrected chi connectivity index (χ4v) is 3.00. The normalized spacial score (nSPS) is 11.0. The van der Waals surface area contributed by atoms with Crippen LogP contribution in [0.1, 0.15) is 13.3 Å². The minimum atomic E-state index is 0.663. The second-order valence-corrected chi connectivity index (χ2v) is 6.05. The van der Waals surface area contributed by atoms with Crippen LogP contribution in [0.5, 0.6) is 5.75 Å². The zero-order valence-corrected chi connectivity index (χ0v) is 14.0. The number of benzene rings is 2. The van der Waals surface area contributed by atoms with Gasteiger partial charge in [0.05, 0.1) is 12.1 Å². The van der Waals surface area contributed by atoms with Gasteiger partial charge in [-0.25, -0.2) is 0 Å². The molecule has 1 heterocycles. The quantitative estimate of drug-likeness (QED) is 0.643. The molecule has 0 aliphatic rings. The summed E-state index contributed by atoms with van der Waals surface area (Å²) in [7, 11) is 0. The first kappa shape index (κ1) is 14.4. The van der Waals surface area contributed by atoms with Crippen LogP contribution in [0.15, 0.2) is 46.9 Å². The van der Waals surface area contributed by atoms with Gasteiger partial charge >= 0.3 is 0 Å². The smallest absolute Gasteiger partial charge is 0.182 e. The molecule has 0 saturated carbocycles. The van der Waals surface area contributed by atoms with Crippen LogP contribution >= 0.6 is 28.1 Å². The predicted octanol–water partition coefficient (Wildman–Crippen LogP) is 5.24. The van der Waals surface area contributed by atoms with Gasteiger partial charge in [-0.2, -0.15) is 0 Å². The third-order valence-electron chi connectivity index (χ3n) is 3.21. The van der Waals surface area contributed by atoms with Gasteiger partial charge in [-0.15, -0.1) is 0 Å². The lowest BCUT2D eigenvalue weighted by atomic mass is 10.2. The summed E-state index contributed by atoms with van der Waals surface area (Å²) in [5, 5.41) is 0. The summed E-state index contributed by atoms with van der Waals surface area (Å²) in [4.78, 5) is 3.26. The van der Waals surface area contributed by atoms with Crippen molar-refractivity contribution in [3.8, 4) is 11.4 Å². The number of imidazole rings is 1. The van der Waals surface area contributed by atoms with Crippen molar-refractivity contribution in [1.29, 1.82) is 0 Å². The number of ether oxygens (including phenoxy) is 1. The number of H-pyrrole nitrogens is 1. The fraction of sp³-hybridized carbons (Fsp3) is 0.188. The number of nitrogens with zero attached hydrogens (tertiary/aromatic N) is 1. The molecule has 0 radical (unpaired) electrons. The molecule has 1 N–H and O–H groups in total. The molecule has 0 bridgehead atoms. The molecular formula is C16H15BrN2OS. The topological polar surface area (TPSA) is 29.9 Å². The van der Waals surface area contributed by atoms with Crippen molar-refractivity contribution in [2.45, 2.75) is 13.3 Å². The SMILES string of the molecule is CCCOc1cccc2c1[nH]c(=S)n2-c1cccc(Br)c1.